The van der Waals surface area contributed by atoms with E-state index in [1.165, 1.54) is 4.68 Å². The molecule has 0 aliphatic carbocycles. The number of nitrogens with zero attached hydrogens (tertiary/aromatic N) is 2. The summed E-state index contributed by atoms with van der Waals surface area (Å²) >= 11 is 0. The Morgan fingerprint density at radius 1 is 1.22 bits per heavy atom. The molecule has 1 aliphatic rings. The van der Waals surface area contributed by atoms with E-state index in [1.54, 1.807) is 50.5 Å². The zero-order chi connectivity index (χ0) is 19.0. The lowest BCUT2D eigenvalue weighted by Gasteiger charge is -2.24. The highest BCUT2D eigenvalue weighted by molar-refractivity contribution is 6.00. The summed E-state index contributed by atoms with van der Waals surface area (Å²) in [6.07, 6.45) is 1.13. The number of rotatable bonds is 4. The number of benzene rings is 1. The molecule has 0 radical (unpaired) electrons. The van der Waals surface area contributed by atoms with Gasteiger partial charge in [0.05, 0.1) is 24.1 Å². The molecule has 3 aromatic rings. The summed E-state index contributed by atoms with van der Waals surface area (Å²) in [7, 11) is 1.71. The largest absolute Gasteiger partial charge is 0.462 e. The molecule has 0 saturated carbocycles. The van der Waals surface area contributed by atoms with Gasteiger partial charge in [0.1, 0.15) is 17.2 Å². The third-order valence-electron chi connectivity index (χ3n) is 4.32. The molecule has 3 heterocycles. The first-order chi connectivity index (χ1) is 13.1. The van der Waals surface area contributed by atoms with Crippen molar-refractivity contribution >= 4 is 17.6 Å². The maximum absolute atomic E-state index is 12.3. The molecule has 27 heavy (non-hydrogen) atoms. The van der Waals surface area contributed by atoms with Gasteiger partial charge < -0.3 is 19.8 Å². The summed E-state index contributed by atoms with van der Waals surface area (Å²) in [4.78, 5) is 24.0. The van der Waals surface area contributed by atoms with E-state index in [0.717, 1.165) is 5.56 Å². The summed E-state index contributed by atoms with van der Waals surface area (Å²) in [6, 6.07) is 10.6. The van der Waals surface area contributed by atoms with Crippen LogP contribution in [0.4, 0.5) is 5.69 Å². The highest BCUT2D eigenvalue weighted by atomic mass is 16.5. The third-order valence-corrected chi connectivity index (χ3v) is 4.32. The van der Waals surface area contributed by atoms with Crippen LogP contribution < -0.4 is 10.6 Å². The molecule has 1 amide bonds. The number of ether oxygens (including phenoxy) is 1. The Kier molecular flexibility index (Phi) is 4.15. The first kappa shape index (κ1) is 16.9. The zero-order valence-electron chi connectivity index (χ0n) is 14.9. The fourth-order valence-corrected chi connectivity index (χ4v) is 2.99. The number of aryl methyl sites for hydroxylation is 1. The van der Waals surface area contributed by atoms with Gasteiger partial charge in [0.15, 0.2) is 6.17 Å². The van der Waals surface area contributed by atoms with Crippen molar-refractivity contribution in [2.24, 2.45) is 7.05 Å². The summed E-state index contributed by atoms with van der Waals surface area (Å²) in [6.45, 7) is 2.10. The van der Waals surface area contributed by atoms with E-state index in [9.17, 15) is 9.59 Å². The Morgan fingerprint density at radius 2 is 2.00 bits per heavy atom. The molecule has 0 saturated heterocycles. The Labute approximate surface area is 155 Å². The minimum absolute atomic E-state index is 0.217. The third kappa shape index (κ3) is 3.05. The SMILES string of the molecule is CCOC(=O)c1ccc(-c2ccc([C@@H]3NC(=O)c4c(cnn4C)N3)o2)cc1. The van der Waals surface area contributed by atoms with E-state index in [0.29, 0.717) is 35.1 Å². The Balaban J connectivity index is 1.54. The summed E-state index contributed by atoms with van der Waals surface area (Å²) in [5.41, 5.74) is 2.44. The topological polar surface area (TPSA) is 98.4 Å². The molecular formula is C19H18N4O4. The van der Waals surface area contributed by atoms with Gasteiger partial charge in [0.2, 0.25) is 0 Å². The second-order valence-electron chi connectivity index (χ2n) is 6.08. The number of anilines is 1. The van der Waals surface area contributed by atoms with E-state index in [1.807, 2.05) is 6.07 Å². The fourth-order valence-electron chi connectivity index (χ4n) is 2.99. The minimum atomic E-state index is -0.484. The van der Waals surface area contributed by atoms with Crippen LogP contribution in [0.5, 0.6) is 0 Å². The molecule has 2 N–H and O–H groups in total. The van der Waals surface area contributed by atoms with Crippen molar-refractivity contribution in [3.05, 3.63) is 59.6 Å². The number of aromatic nitrogens is 2. The number of esters is 1. The second-order valence-corrected chi connectivity index (χ2v) is 6.08. The molecule has 1 atom stereocenters. The molecule has 0 unspecified atom stereocenters. The van der Waals surface area contributed by atoms with Crippen molar-refractivity contribution in [3.8, 4) is 11.3 Å². The van der Waals surface area contributed by atoms with E-state index < -0.39 is 6.17 Å². The molecule has 1 aromatic carbocycles. The molecule has 8 heteroatoms. The molecule has 1 aliphatic heterocycles. The quantitative estimate of drug-likeness (QED) is 0.689. The van der Waals surface area contributed by atoms with E-state index in [-0.39, 0.29) is 11.9 Å². The van der Waals surface area contributed by atoms with Crippen LogP contribution in [0, 0.1) is 0 Å². The van der Waals surface area contributed by atoms with Gasteiger partial charge in [-0.2, -0.15) is 5.10 Å². The molecule has 0 fully saturated rings. The fraction of sp³-hybridized carbons (Fsp3) is 0.211. The lowest BCUT2D eigenvalue weighted by molar-refractivity contribution is 0.0526. The first-order valence-corrected chi connectivity index (χ1v) is 8.53. The molecule has 4 rings (SSSR count). The van der Waals surface area contributed by atoms with Crippen molar-refractivity contribution in [2.45, 2.75) is 13.1 Å². The highest BCUT2D eigenvalue weighted by Crippen LogP contribution is 2.30. The van der Waals surface area contributed by atoms with Crippen LogP contribution >= 0.6 is 0 Å². The average Bonchev–Trinajstić information content (AvgIpc) is 3.30. The number of carbonyl (C=O) groups excluding carboxylic acids is 2. The van der Waals surface area contributed by atoms with Gasteiger partial charge in [0, 0.05) is 12.6 Å². The monoisotopic (exact) mass is 366 g/mol. The molecule has 8 nitrogen and oxygen atoms in total. The van der Waals surface area contributed by atoms with Crippen molar-refractivity contribution in [1.29, 1.82) is 0 Å². The number of hydrogen-bond donors (Lipinski definition) is 2. The minimum Gasteiger partial charge on any atom is -0.462 e. The number of hydrogen-bond acceptors (Lipinski definition) is 6. The van der Waals surface area contributed by atoms with Crippen molar-refractivity contribution < 1.29 is 18.7 Å². The Hall–Kier alpha value is -3.55. The van der Waals surface area contributed by atoms with E-state index in [4.69, 9.17) is 9.15 Å². The van der Waals surface area contributed by atoms with Gasteiger partial charge in [-0.15, -0.1) is 0 Å². The first-order valence-electron chi connectivity index (χ1n) is 8.53. The summed E-state index contributed by atoms with van der Waals surface area (Å²) in [5, 5.41) is 10.1. The van der Waals surface area contributed by atoms with Crippen LogP contribution in [-0.2, 0) is 11.8 Å². The van der Waals surface area contributed by atoms with Crippen LogP contribution in [0.25, 0.3) is 11.3 Å². The van der Waals surface area contributed by atoms with E-state index >= 15 is 0 Å². The lowest BCUT2D eigenvalue weighted by Crippen LogP contribution is -2.39. The number of nitrogens with one attached hydrogen (secondary N) is 2. The molecular weight excluding hydrogens is 348 g/mol. The van der Waals surface area contributed by atoms with Crippen LogP contribution in [0.2, 0.25) is 0 Å². The van der Waals surface area contributed by atoms with Gasteiger partial charge in [-0.25, -0.2) is 4.79 Å². The highest BCUT2D eigenvalue weighted by Gasteiger charge is 2.29. The maximum atomic E-state index is 12.3. The smallest absolute Gasteiger partial charge is 0.338 e. The number of furan rings is 1. The lowest BCUT2D eigenvalue weighted by atomic mass is 10.1. The van der Waals surface area contributed by atoms with Gasteiger partial charge in [-0.1, -0.05) is 12.1 Å². The normalized spacial score (nSPS) is 15.6. The maximum Gasteiger partial charge on any atom is 0.338 e. The zero-order valence-corrected chi connectivity index (χ0v) is 14.9. The van der Waals surface area contributed by atoms with Gasteiger partial charge in [-0.3, -0.25) is 9.48 Å². The molecule has 0 spiro atoms. The van der Waals surface area contributed by atoms with Crippen molar-refractivity contribution in [2.75, 3.05) is 11.9 Å². The van der Waals surface area contributed by atoms with Crippen molar-refractivity contribution in [1.82, 2.24) is 15.1 Å². The molecule has 0 bridgehead atoms. The van der Waals surface area contributed by atoms with Gasteiger partial charge >= 0.3 is 5.97 Å². The number of carbonyl (C=O) groups is 2. The van der Waals surface area contributed by atoms with Crippen LogP contribution in [0.1, 0.15) is 39.7 Å². The second kappa shape index (κ2) is 6.64. The van der Waals surface area contributed by atoms with Gasteiger partial charge in [0.25, 0.3) is 5.91 Å². The number of fused-ring (bicyclic) bond motifs is 1. The molecule has 138 valence electrons. The Morgan fingerprint density at radius 3 is 2.74 bits per heavy atom. The summed E-state index contributed by atoms with van der Waals surface area (Å²) in [5.74, 6) is 0.631. The Bertz CT molecular complexity index is 1000. The van der Waals surface area contributed by atoms with Crippen molar-refractivity contribution in [3.63, 3.8) is 0 Å². The van der Waals surface area contributed by atoms with E-state index in [2.05, 4.69) is 15.7 Å². The predicted octanol–water partition coefficient (Wildman–Crippen LogP) is 2.71. The summed E-state index contributed by atoms with van der Waals surface area (Å²) < 4.78 is 12.4. The number of amides is 1. The standard InChI is InChI=1S/C19H18N4O4/c1-3-26-19(25)12-6-4-11(5-7-12)14-8-9-15(27-14)17-21-13-10-20-23(2)16(13)18(24)22-17/h4-10,17,21H,3H2,1-2H3,(H,22,24)/t17-/m0/s1. The van der Waals surface area contributed by atoms with Crippen LogP contribution in [-0.4, -0.2) is 28.3 Å². The predicted molar refractivity (Wildman–Crippen MR) is 97.1 cm³/mol. The van der Waals surface area contributed by atoms with Crippen LogP contribution in [0.15, 0.2) is 47.0 Å². The average molecular weight is 366 g/mol. The van der Waals surface area contributed by atoms with Crippen LogP contribution in [0.3, 0.4) is 0 Å². The molecule has 2 aromatic heterocycles. The van der Waals surface area contributed by atoms with Gasteiger partial charge in [-0.05, 0) is 31.2 Å².